The maximum absolute atomic E-state index is 6.06. The predicted molar refractivity (Wildman–Crippen MR) is 114 cm³/mol. The third-order valence-electron chi connectivity index (χ3n) is 4.45. The molecule has 2 N–H and O–H groups in total. The highest BCUT2D eigenvalue weighted by Gasteiger charge is 2.35. The van der Waals surface area contributed by atoms with E-state index in [1.165, 1.54) is 6.42 Å². The highest BCUT2D eigenvalue weighted by molar-refractivity contribution is 14.0. The van der Waals surface area contributed by atoms with E-state index < -0.39 is 0 Å². The zero-order valence-electron chi connectivity index (χ0n) is 16.5. The Balaban J connectivity index is 0.00000529. The smallest absolute Gasteiger partial charge is 0.191 e. The lowest BCUT2D eigenvalue weighted by atomic mass is 9.78. The van der Waals surface area contributed by atoms with Gasteiger partial charge in [-0.3, -0.25) is 4.99 Å². The highest BCUT2D eigenvalue weighted by Crippen LogP contribution is 2.34. The lowest BCUT2D eigenvalue weighted by Crippen LogP contribution is -2.43. The van der Waals surface area contributed by atoms with Crippen LogP contribution in [0.4, 0.5) is 0 Å². The number of guanidine groups is 1. The number of nitrogens with one attached hydrogen (secondary N) is 2. The van der Waals surface area contributed by atoms with Crippen molar-refractivity contribution in [3.05, 3.63) is 0 Å². The Morgan fingerprint density at radius 1 is 1.25 bits per heavy atom. The molecule has 1 aliphatic heterocycles. The Kier molecular flexibility index (Phi) is 12.3. The molecule has 1 heterocycles. The van der Waals surface area contributed by atoms with Crippen molar-refractivity contribution in [2.24, 2.45) is 16.3 Å². The van der Waals surface area contributed by atoms with Gasteiger partial charge in [-0.2, -0.15) is 0 Å². The molecule has 0 bridgehead atoms. The minimum absolute atomic E-state index is 0. The van der Waals surface area contributed by atoms with Gasteiger partial charge in [0.25, 0.3) is 0 Å². The van der Waals surface area contributed by atoms with E-state index in [1.54, 1.807) is 0 Å². The van der Waals surface area contributed by atoms with Gasteiger partial charge in [-0.15, -0.1) is 24.0 Å². The fourth-order valence-electron chi connectivity index (χ4n) is 3.06. The van der Waals surface area contributed by atoms with E-state index >= 15 is 0 Å². The lowest BCUT2D eigenvalue weighted by Gasteiger charge is -2.39. The standard InChI is InChI=1S/C18H38N4O.HI/c1-7-19-17(20-11-12-22(6)8-2)21-14-15-10-9-13-23-16(15)18(3,4)5;/h15-16H,7-14H2,1-6H3,(H2,19,20,21);1H. The molecule has 144 valence electrons. The molecule has 0 aromatic rings. The maximum Gasteiger partial charge on any atom is 0.191 e. The Bertz CT molecular complexity index is 357. The van der Waals surface area contributed by atoms with Crippen LogP contribution < -0.4 is 10.6 Å². The number of hydrogen-bond donors (Lipinski definition) is 2. The second kappa shape index (κ2) is 12.3. The van der Waals surface area contributed by atoms with Crippen LogP contribution in [-0.4, -0.2) is 63.3 Å². The van der Waals surface area contributed by atoms with Crippen molar-refractivity contribution >= 4 is 29.9 Å². The van der Waals surface area contributed by atoms with Crippen LogP contribution in [0.1, 0.15) is 47.5 Å². The number of ether oxygens (including phenoxy) is 1. The highest BCUT2D eigenvalue weighted by atomic mass is 127. The summed E-state index contributed by atoms with van der Waals surface area (Å²) in [7, 11) is 2.14. The van der Waals surface area contributed by atoms with Crippen LogP contribution in [0.3, 0.4) is 0 Å². The van der Waals surface area contributed by atoms with Gasteiger partial charge < -0.3 is 20.3 Å². The van der Waals surface area contributed by atoms with E-state index in [2.05, 4.69) is 57.2 Å². The molecule has 5 nitrogen and oxygen atoms in total. The fourth-order valence-corrected chi connectivity index (χ4v) is 3.06. The summed E-state index contributed by atoms with van der Waals surface area (Å²) in [6.45, 7) is 16.7. The van der Waals surface area contributed by atoms with Gasteiger partial charge in [0.05, 0.1) is 6.10 Å². The van der Waals surface area contributed by atoms with Gasteiger partial charge >= 0.3 is 0 Å². The van der Waals surface area contributed by atoms with E-state index in [0.717, 1.165) is 51.7 Å². The molecule has 1 rings (SSSR count). The molecule has 1 fully saturated rings. The number of aliphatic imine (C=N–C) groups is 1. The van der Waals surface area contributed by atoms with Crippen LogP contribution in [-0.2, 0) is 4.74 Å². The molecular weight excluding hydrogens is 415 g/mol. The van der Waals surface area contributed by atoms with E-state index in [-0.39, 0.29) is 29.4 Å². The van der Waals surface area contributed by atoms with Gasteiger partial charge in [0.15, 0.2) is 5.96 Å². The molecule has 2 atom stereocenters. The number of likely N-dealkylation sites (N-methyl/N-ethyl adjacent to an activating group) is 1. The van der Waals surface area contributed by atoms with Crippen molar-refractivity contribution < 1.29 is 4.74 Å². The van der Waals surface area contributed by atoms with Crippen LogP contribution >= 0.6 is 24.0 Å². The van der Waals surface area contributed by atoms with Crippen LogP contribution in [0.25, 0.3) is 0 Å². The quantitative estimate of drug-likeness (QED) is 0.353. The monoisotopic (exact) mass is 454 g/mol. The summed E-state index contributed by atoms with van der Waals surface area (Å²) >= 11 is 0. The molecule has 0 radical (unpaired) electrons. The van der Waals surface area contributed by atoms with Crippen molar-refractivity contribution in [1.29, 1.82) is 0 Å². The molecular formula is C18H39IN4O. The average Bonchev–Trinajstić information content (AvgIpc) is 2.51. The first-order chi connectivity index (χ1) is 10.9. The van der Waals surface area contributed by atoms with Crippen LogP contribution in [0.5, 0.6) is 0 Å². The Morgan fingerprint density at radius 2 is 1.96 bits per heavy atom. The SMILES string of the molecule is CCNC(=NCC1CCCOC1C(C)(C)C)NCCN(C)CC.I. The minimum atomic E-state index is 0. The normalized spacial score (nSPS) is 22.2. The second-order valence-corrected chi connectivity index (χ2v) is 7.60. The molecule has 0 amide bonds. The molecule has 1 saturated heterocycles. The summed E-state index contributed by atoms with van der Waals surface area (Å²) < 4.78 is 6.06. The van der Waals surface area contributed by atoms with Crippen molar-refractivity contribution in [3.8, 4) is 0 Å². The molecule has 0 aliphatic carbocycles. The summed E-state index contributed by atoms with van der Waals surface area (Å²) in [5, 5.41) is 6.78. The third kappa shape index (κ3) is 8.85. The van der Waals surface area contributed by atoms with Crippen molar-refractivity contribution in [1.82, 2.24) is 15.5 Å². The maximum atomic E-state index is 6.06. The lowest BCUT2D eigenvalue weighted by molar-refractivity contribution is -0.0823. The topological polar surface area (TPSA) is 48.9 Å². The van der Waals surface area contributed by atoms with E-state index in [1.807, 2.05) is 0 Å². The first-order valence-electron chi connectivity index (χ1n) is 9.20. The summed E-state index contributed by atoms with van der Waals surface area (Å²) in [5.41, 5.74) is 0.177. The summed E-state index contributed by atoms with van der Waals surface area (Å²) in [6.07, 6.45) is 2.66. The molecule has 6 heteroatoms. The van der Waals surface area contributed by atoms with E-state index in [9.17, 15) is 0 Å². The van der Waals surface area contributed by atoms with Crippen LogP contribution in [0.15, 0.2) is 4.99 Å². The second-order valence-electron chi connectivity index (χ2n) is 7.60. The fraction of sp³-hybridized carbons (Fsp3) is 0.944. The number of nitrogens with zero attached hydrogens (tertiary/aromatic N) is 2. The zero-order valence-corrected chi connectivity index (χ0v) is 18.9. The zero-order chi connectivity index (χ0) is 17.3. The average molecular weight is 454 g/mol. The molecule has 2 unspecified atom stereocenters. The number of halogens is 1. The molecule has 0 aromatic carbocycles. The van der Waals surface area contributed by atoms with Gasteiger partial charge in [-0.05, 0) is 38.8 Å². The molecule has 0 aromatic heterocycles. The Morgan fingerprint density at radius 3 is 2.54 bits per heavy atom. The van der Waals surface area contributed by atoms with Gasteiger partial charge in [0.1, 0.15) is 0 Å². The van der Waals surface area contributed by atoms with E-state index in [0.29, 0.717) is 12.0 Å². The largest absolute Gasteiger partial charge is 0.377 e. The number of hydrogen-bond acceptors (Lipinski definition) is 3. The molecule has 1 aliphatic rings. The predicted octanol–water partition coefficient (Wildman–Crippen LogP) is 2.95. The summed E-state index contributed by atoms with van der Waals surface area (Å²) in [5.74, 6) is 1.44. The Labute approximate surface area is 166 Å². The van der Waals surface area contributed by atoms with Crippen molar-refractivity contribution in [2.75, 3.05) is 46.4 Å². The molecule has 0 spiro atoms. The third-order valence-corrected chi connectivity index (χ3v) is 4.45. The van der Waals surface area contributed by atoms with Crippen molar-refractivity contribution in [3.63, 3.8) is 0 Å². The number of rotatable bonds is 7. The first kappa shape index (κ1) is 23.9. The van der Waals surface area contributed by atoms with Gasteiger partial charge in [0, 0.05) is 38.7 Å². The van der Waals surface area contributed by atoms with Crippen molar-refractivity contribution in [2.45, 2.75) is 53.6 Å². The molecule has 0 saturated carbocycles. The summed E-state index contributed by atoms with van der Waals surface area (Å²) in [6, 6.07) is 0. The van der Waals surface area contributed by atoms with Crippen LogP contribution in [0, 0.1) is 11.3 Å². The Hall–Kier alpha value is -0.0800. The van der Waals surface area contributed by atoms with Crippen LogP contribution in [0.2, 0.25) is 0 Å². The van der Waals surface area contributed by atoms with Gasteiger partial charge in [-0.25, -0.2) is 0 Å². The van der Waals surface area contributed by atoms with Gasteiger partial charge in [0.2, 0.25) is 0 Å². The summed E-state index contributed by atoms with van der Waals surface area (Å²) in [4.78, 5) is 7.11. The van der Waals surface area contributed by atoms with Gasteiger partial charge in [-0.1, -0.05) is 27.7 Å². The minimum Gasteiger partial charge on any atom is -0.377 e. The molecule has 24 heavy (non-hydrogen) atoms. The van der Waals surface area contributed by atoms with E-state index in [4.69, 9.17) is 9.73 Å². The first-order valence-corrected chi connectivity index (χ1v) is 9.20.